The van der Waals surface area contributed by atoms with E-state index in [1.54, 1.807) is 16.4 Å². The second-order valence-corrected chi connectivity index (χ2v) is 10.7. The van der Waals surface area contributed by atoms with Crippen molar-refractivity contribution in [3.05, 3.63) is 22.4 Å². The molecule has 5 nitrogen and oxygen atoms in total. The summed E-state index contributed by atoms with van der Waals surface area (Å²) in [5, 5.41) is 6.46. The molecule has 0 radical (unpaired) electrons. The first-order valence-electron chi connectivity index (χ1n) is 12.8. The molecule has 7 heteroatoms. The number of hydrogen-bond acceptors (Lipinski definition) is 7. The largest absolute Gasteiger partial charge is 0.375 e. The minimum atomic E-state index is -0.261. The monoisotopic (exact) mass is 493 g/mol. The Hall–Kier alpha value is -1.44. The molecule has 0 bridgehead atoms. The molecule has 0 amide bonds. The lowest BCUT2D eigenvalue weighted by Gasteiger charge is -2.19. The molecule has 0 unspecified atom stereocenters. The second kappa shape index (κ2) is 17.1. The molecule has 0 aliphatic heterocycles. The van der Waals surface area contributed by atoms with Gasteiger partial charge in [0.15, 0.2) is 5.13 Å². The maximum absolute atomic E-state index is 11.5. The lowest BCUT2D eigenvalue weighted by Crippen LogP contribution is -2.26. The molecule has 0 spiro atoms. The molecular weight excluding hydrogens is 450 g/mol. The number of anilines is 1. The van der Waals surface area contributed by atoms with Gasteiger partial charge in [-0.2, -0.15) is 0 Å². The van der Waals surface area contributed by atoms with Gasteiger partial charge in [-0.05, 0) is 23.4 Å². The van der Waals surface area contributed by atoms with Crippen LogP contribution in [0.25, 0.3) is 10.6 Å². The first kappa shape index (κ1) is 27.8. The van der Waals surface area contributed by atoms with Gasteiger partial charge in [0, 0.05) is 18.8 Å². The van der Waals surface area contributed by atoms with Gasteiger partial charge in [-0.25, -0.2) is 4.98 Å². The Morgan fingerprint density at radius 3 is 2.00 bits per heavy atom. The van der Waals surface area contributed by atoms with Crippen LogP contribution in [-0.4, -0.2) is 22.6 Å². The molecule has 2 aromatic rings. The first-order valence-corrected chi connectivity index (χ1v) is 14.6. The smallest absolute Gasteiger partial charge is 0.322 e. The van der Waals surface area contributed by atoms with Crippen molar-refractivity contribution in [1.29, 1.82) is 0 Å². The van der Waals surface area contributed by atoms with E-state index in [9.17, 15) is 4.79 Å². The van der Waals surface area contributed by atoms with E-state index in [1.165, 1.54) is 102 Å². The van der Waals surface area contributed by atoms with E-state index in [0.29, 0.717) is 11.7 Å². The SMILES string of the molecule is CCCCCCCCCCCCCCCCN(Cc1csc(-c2csc(N)n2)c1)OC(C)=O. The van der Waals surface area contributed by atoms with Gasteiger partial charge in [-0.15, -0.1) is 27.7 Å². The van der Waals surface area contributed by atoms with Crippen LogP contribution in [0.5, 0.6) is 0 Å². The van der Waals surface area contributed by atoms with Crippen LogP contribution in [0.2, 0.25) is 0 Å². The van der Waals surface area contributed by atoms with Crippen molar-refractivity contribution >= 4 is 33.8 Å². The topological polar surface area (TPSA) is 68.4 Å². The Kier molecular flexibility index (Phi) is 14.4. The van der Waals surface area contributed by atoms with E-state index in [1.807, 2.05) is 5.38 Å². The zero-order valence-corrected chi connectivity index (χ0v) is 22.3. The number of hydroxylamine groups is 2. The van der Waals surface area contributed by atoms with Gasteiger partial charge < -0.3 is 10.6 Å². The number of unbranched alkanes of at least 4 members (excludes halogenated alkanes) is 13. The van der Waals surface area contributed by atoms with E-state index in [4.69, 9.17) is 10.6 Å². The van der Waals surface area contributed by atoms with Crippen LogP contribution in [0.15, 0.2) is 16.8 Å². The maximum atomic E-state index is 11.5. The van der Waals surface area contributed by atoms with Crippen LogP contribution in [0, 0.1) is 0 Å². The molecule has 2 heterocycles. The van der Waals surface area contributed by atoms with Crippen LogP contribution in [-0.2, 0) is 16.2 Å². The number of aromatic nitrogens is 1. The van der Waals surface area contributed by atoms with Crippen LogP contribution in [0.1, 0.15) is 109 Å². The van der Waals surface area contributed by atoms with Gasteiger partial charge in [0.05, 0.1) is 17.1 Å². The van der Waals surface area contributed by atoms with Gasteiger partial charge in [-0.3, -0.25) is 4.79 Å². The second-order valence-electron chi connectivity index (χ2n) is 8.93. The molecule has 33 heavy (non-hydrogen) atoms. The molecular formula is C26H43N3O2S2. The quantitative estimate of drug-likeness (QED) is 0.158. The average molecular weight is 494 g/mol. The third-order valence-electron chi connectivity index (χ3n) is 5.81. The molecule has 0 aliphatic carbocycles. The van der Waals surface area contributed by atoms with Crippen molar-refractivity contribution in [3.8, 4) is 10.6 Å². The number of rotatable bonds is 19. The lowest BCUT2D eigenvalue weighted by molar-refractivity contribution is -0.191. The van der Waals surface area contributed by atoms with Crippen molar-refractivity contribution in [1.82, 2.24) is 10.0 Å². The summed E-state index contributed by atoms with van der Waals surface area (Å²) < 4.78 is 0. The molecule has 0 saturated heterocycles. The number of thiazole rings is 1. The van der Waals surface area contributed by atoms with Crippen LogP contribution >= 0.6 is 22.7 Å². The Morgan fingerprint density at radius 2 is 1.48 bits per heavy atom. The third kappa shape index (κ3) is 12.6. The van der Waals surface area contributed by atoms with Crippen LogP contribution in [0.4, 0.5) is 5.13 Å². The number of thiophene rings is 1. The molecule has 0 aromatic carbocycles. The number of carbonyl (C=O) groups is 1. The number of nitrogen functional groups attached to an aromatic ring is 1. The van der Waals surface area contributed by atoms with Crippen molar-refractivity contribution < 1.29 is 9.63 Å². The highest BCUT2D eigenvalue weighted by molar-refractivity contribution is 7.15. The van der Waals surface area contributed by atoms with E-state index in [0.717, 1.165) is 29.1 Å². The van der Waals surface area contributed by atoms with Gasteiger partial charge in [-0.1, -0.05) is 90.4 Å². The number of hydrogen-bond donors (Lipinski definition) is 1. The Balaban J connectivity index is 1.55. The van der Waals surface area contributed by atoms with Gasteiger partial charge in [0.2, 0.25) is 0 Å². The summed E-state index contributed by atoms with van der Waals surface area (Å²) in [6, 6.07) is 2.11. The molecule has 0 atom stereocenters. The first-order chi connectivity index (χ1) is 16.1. The van der Waals surface area contributed by atoms with Gasteiger partial charge in [0.25, 0.3) is 0 Å². The minimum Gasteiger partial charge on any atom is -0.375 e. The Bertz CT molecular complexity index is 775. The average Bonchev–Trinajstić information content (AvgIpc) is 3.42. The molecule has 186 valence electrons. The summed E-state index contributed by atoms with van der Waals surface area (Å²) in [5.74, 6) is -0.261. The summed E-state index contributed by atoms with van der Waals surface area (Å²) in [5.41, 5.74) is 7.80. The predicted octanol–water partition coefficient (Wildman–Crippen LogP) is 8.22. The number of carbonyl (C=O) groups excluding carboxylic acids is 1. The normalized spacial score (nSPS) is 11.4. The highest BCUT2D eigenvalue weighted by Crippen LogP contribution is 2.29. The molecule has 2 N–H and O–H groups in total. The predicted molar refractivity (Wildman–Crippen MR) is 142 cm³/mol. The number of nitrogens with zero attached hydrogens (tertiary/aromatic N) is 2. The third-order valence-corrected chi connectivity index (χ3v) is 7.48. The van der Waals surface area contributed by atoms with E-state index in [-0.39, 0.29) is 5.97 Å². The molecule has 0 fully saturated rings. The van der Waals surface area contributed by atoms with Crippen molar-refractivity contribution in [2.75, 3.05) is 12.3 Å². The maximum Gasteiger partial charge on any atom is 0.322 e. The van der Waals surface area contributed by atoms with Crippen molar-refractivity contribution in [2.45, 2.75) is 110 Å². The van der Waals surface area contributed by atoms with Crippen molar-refractivity contribution in [3.63, 3.8) is 0 Å². The fourth-order valence-corrected chi connectivity index (χ4v) is 5.52. The fourth-order valence-electron chi connectivity index (χ4n) is 4.02. The molecule has 2 aromatic heterocycles. The number of nitrogens with two attached hydrogens (primary N) is 1. The Morgan fingerprint density at radius 1 is 0.909 bits per heavy atom. The summed E-state index contributed by atoms with van der Waals surface area (Å²) in [6.45, 7) is 5.12. The lowest BCUT2D eigenvalue weighted by atomic mass is 10.0. The molecule has 2 rings (SSSR count). The summed E-state index contributed by atoms with van der Waals surface area (Å²) in [7, 11) is 0. The highest BCUT2D eigenvalue weighted by atomic mass is 32.1. The highest BCUT2D eigenvalue weighted by Gasteiger charge is 2.13. The molecule has 0 aliphatic rings. The van der Waals surface area contributed by atoms with Gasteiger partial charge >= 0.3 is 5.97 Å². The summed E-state index contributed by atoms with van der Waals surface area (Å²) in [4.78, 5) is 22.4. The Labute approximate surface area is 208 Å². The summed E-state index contributed by atoms with van der Waals surface area (Å²) >= 11 is 3.10. The minimum absolute atomic E-state index is 0.261. The fraction of sp³-hybridized carbons (Fsp3) is 0.692. The zero-order chi connectivity index (χ0) is 23.7. The van der Waals surface area contributed by atoms with Gasteiger partial charge in [0.1, 0.15) is 0 Å². The van der Waals surface area contributed by atoms with E-state index < -0.39 is 0 Å². The van der Waals surface area contributed by atoms with Crippen molar-refractivity contribution in [2.24, 2.45) is 0 Å². The van der Waals surface area contributed by atoms with E-state index in [2.05, 4.69) is 23.4 Å². The van der Waals surface area contributed by atoms with Crippen LogP contribution in [0.3, 0.4) is 0 Å². The standard InChI is InChI=1S/C26H43N3O2S2/c1-3-4-5-6-7-8-9-10-11-12-13-14-15-16-17-29(31-22(2)30)19-23-18-25(32-20-23)24-21-33-26(27)28-24/h18,20-21H,3-17,19H2,1-2H3,(H2,27,28). The summed E-state index contributed by atoms with van der Waals surface area (Å²) in [6.07, 6.45) is 18.7. The van der Waals surface area contributed by atoms with Crippen LogP contribution < -0.4 is 5.73 Å². The van der Waals surface area contributed by atoms with E-state index >= 15 is 0 Å². The molecule has 0 saturated carbocycles. The zero-order valence-electron chi connectivity index (χ0n) is 20.7.